The number of nitrogen functional groups attached to an aromatic ring is 1. The van der Waals surface area contributed by atoms with Crippen LogP contribution in [-0.2, 0) is 0 Å². The van der Waals surface area contributed by atoms with E-state index in [4.69, 9.17) is 10.5 Å². The Bertz CT molecular complexity index is 641. The number of halogens is 2. The van der Waals surface area contributed by atoms with E-state index in [1.807, 2.05) is 6.92 Å². The minimum absolute atomic E-state index is 0.0533. The van der Waals surface area contributed by atoms with E-state index in [1.54, 1.807) is 24.3 Å². The smallest absolute Gasteiger partial charge is 0.194 e. The number of benzene rings is 2. The summed E-state index contributed by atoms with van der Waals surface area (Å²) in [5.41, 5.74) is 6.26. The molecule has 0 aliphatic carbocycles. The van der Waals surface area contributed by atoms with Crippen LogP contribution in [0.15, 0.2) is 40.9 Å². The first-order chi connectivity index (χ1) is 9.52. The van der Waals surface area contributed by atoms with Crippen LogP contribution >= 0.6 is 15.9 Å². The molecule has 5 heteroatoms. The predicted octanol–water partition coefficient (Wildman–Crippen LogP) is 3.80. The molecule has 0 amide bonds. The molecule has 0 spiro atoms. The SMILES string of the molecule is CCOc1ccc(C(=O)c2cc(N)c(F)cc2Br)cc1. The molecule has 2 rings (SSSR count). The van der Waals surface area contributed by atoms with E-state index in [-0.39, 0.29) is 11.5 Å². The van der Waals surface area contributed by atoms with Crippen molar-refractivity contribution in [2.45, 2.75) is 6.92 Å². The lowest BCUT2D eigenvalue weighted by molar-refractivity contribution is 0.103. The van der Waals surface area contributed by atoms with E-state index in [9.17, 15) is 9.18 Å². The summed E-state index contributed by atoms with van der Waals surface area (Å²) in [5.74, 6) is -0.0894. The van der Waals surface area contributed by atoms with E-state index in [1.165, 1.54) is 12.1 Å². The number of ether oxygens (including phenoxy) is 1. The zero-order valence-corrected chi connectivity index (χ0v) is 12.4. The largest absolute Gasteiger partial charge is 0.494 e. The van der Waals surface area contributed by atoms with Crippen molar-refractivity contribution in [2.75, 3.05) is 12.3 Å². The molecule has 3 nitrogen and oxygen atoms in total. The molecule has 0 aliphatic heterocycles. The Balaban J connectivity index is 2.33. The van der Waals surface area contributed by atoms with Crippen molar-refractivity contribution in [2.24, 2.45) is 0 Å². The molecule has 0 heterocycles. The van der Waals surface area contributed by atoms with Crippen molar-refractivity contribution in [1.82, 2.24) is 0 Å². The Morgan fingerprint density at radius 2 is 1.95 bits per heavy atom. The molecule has 0 aromatic heterocycles. The van der Waals surface area contributed by atoms with Gasteiger partial charge < -0.3 is 10.5 Å². The Kier molecular flexibility index (Phi) is 4.39. The molecule has 0 aliphatic rings. The number of carbonyl (C=O) groups excluding carboxylic acids is 1. The highest BCUT2D eigenvalue weighted by atomic mass is 79.9. The normalized spacial score (nSPS) is 10.3. The van der Waals surface area contributed by atoms with Crippen molar-refractivity contribution >= 4 is 27.4 Å². The first kappa shape index (κ1) is 14.5. The van der Waals surface area contributed by atoms with E-state index >= 15 is 0 Å². The number of hydrogen-bond acceptors (Lipinski definition) is 3. The van der Waals surface area contributed by atoms with Gasteiger partial charge in [-0.15, -0.1) is 0 Å². The van der Waals surface area contributed by atoms with Crippen LogP contribution < -0.4 is 10.5 Å². The summed E-state index contributed by atoms with van der Waals surface area (Å²) in [6, 6.07) is 9.29. The van der Waals surface area contributed by atoms with Crippen LogP contribution in [-0.4, -0.2) is 12.4 Å². The summed E-state index contributed by atoms with van der Waals surface area (Å²) in [4.78, 5) is 12.4. The summed E-state index contributed by atoms with van der Waals surface area (Å²) in [5, 5.41) is 0. The molecular weight excluding hydrogens is 325 g/mol. The molecule has 0 atom stereocenters. The molecule has 104 valence electrons. The fraction of sp³-hybridized carbons (Fsp3) is 0.133. The molecule has 20 heavy (non-hydrogen) atoms. The van der Waals surface area contributed by atoms with E-state index < -0.39 is 5.82 Å². The molecule has 0 saturated heterocycles. The van der Waals surface area contributed by atoms with Crippen LogP contribution in [0.4, 0.5) is 10.1 Å². The molecular formula is C15H13BrFNO2. The number of nitrogens with two attached hydrogens (primary N) is 1. The molecule has 2 aromatic rings. The second-order valence-electron chi connectivity index (χ2n) is 4.14. The van der Waals surface area contributed by atoms with Crippen LogP contribution in [0, 0.1) is 5.82 Å². The van der Waals surface area contributed by atoms with Crippen molar-refractivity contribution in [1.29, 1.82) is 0 Å². The van der Waals surface area contributed by atoms with E-state index in [0.29, 0.717) is 28.0 Å². The second-order valence-corrected chi connectivity index (χ2v) is 4.99. The van der Waals surface area contributed by atoms with Gasteiger partial charge in [-0.3, -0.25) is 4.79 Å². The third-order valence-corrected chi connectivity index (χ3v) is 3.41. The summed E-state index contributed by atoms with van der Waals surface area (Å²) < 4.78 is 19.0. The number of hydrogen-bond donors (Lipinski definition) is 1. The lowest BCUT2D eigenvalue weighted by atomic mass is 10.0. The Morgan fingerprint density at radius 3 is 2.55 bits per heavy atom. The maximum absolute atomic E-state index is 13.3. The summed E-state index contributed by atoms with van der Waals surface area (Å²) in [7, 11) is 0. The zero-order chi connectivity index (χ0) is 14.7. The number of carbonyl (C=O) groups is 1. The lowest BCUT2D eigenvalue weighted by Crippen LogP contribution is -2.05. The van der Waals surface area contributed by atoms with Crippen LogP contribution in [0.2, 0.25) is 0 Å². The first-order valence-electron chi connectivity index (χ1n) is 6.05. The van der Waals surface area contributed by atoms with Crippen molar-refractivity contribution in [3.63, 3.8) is 0 Å². The maximum Gasteiger partial charge on any atom is 0.194 e. The second kappa shape index (κ2) is 6.05. The van der Waals surface area contributed by atoms with Gasteiger partial charge in [-0.25, -0.2) is 4.39 Å². The first-order valence-corrected chi connectivity index (χ1v) is 6.84. The highest BCUT2D eigenvalue weighted by molar-refractivity contribution is 9.10. The highest BCUT2D eigenvalue weighted by Crippen LogP contribution is 2.25. The molecule has 0 saturated carbocycles. The minimum atomic E-state index is -0.555. The van der Waals surface area contributed by atoms with Gasteiger partial charge >= 0.3 is 0 Å². The average molecular weight is 338 g/mol. The van der Waals surface area contributed by atoms with Crippen molar-refractivity contribution in [3.05, 3.63) is 57.8 Å². The van der Waals surface area contributed by atoms with Crippen LogP contribution in [0.1, 0.15) is 22.8 Å². The maximum atomic E-state index is 13.3. The van der Waals surface area contributed by atoms with E-state index in [2.05, 4.69) is 15.9 Å². The molecule has 0 radical (unpaired) electrons. The highest BCUT2D eigenvalue weighted by Gasteiger charge is 2.15. The number of rotatable bonds is 4. The van der Waals surface area contributed by atoms with Gasteiger partial charge in [0.05, 0.1) is 12.3 Å². The molecule has 0 unspecified atom stereocenters. The third-order valence-electron chi connectivity index (χ3n) is 2.76. The summed E-state index contributed by atoms with van der Waals surface area (Å²) in [6.07, 6.45) is 0. The van der Waals surface area contributed by atoms with Gasteiger partial charge in [-0.05, 0) is 59.3 Å². The zero-order valence-electron chi connectivity index (χ0n) is 10.8. The minimum Gasteiger partial charge on any atom is -0.494 e. The summed E-state index contributed by atoms with van der Waals surface area (Å²) in [6.45, 7) is 2.45. The number of anilines is 1. The number of ketones is 1. The van der Waals surface area contributed by atoms with E-state index in [0.717, 1.165) is 0 Å². The van der Waals surface area contributed by atoms with Crippen LogP contribution in [0.5, 0.6) is 5.75 Å². The van der Waals surface area contributed by atoms with Crippen molar-refractivity contribution < 1.29 is 13.9 Å². The Hall–Kier alpha value is -1.88. The molecule has 0 fully saturated rings. The fourth-order valence-corrected chi connectivity index (χ4v) is 2.26. The molecule has 2 aromatic carbocycles. The van der Waals surface area contributed by atoms with Gasteiger partial charge in [0.15, 0.2) is 5.78 Å². The van der Waals surface area contributed by atoms with Gasteiger partial charge in [0.1, 0.15) is 11.6 Å². The third kappa shape index (κ3) is 2.99. The van der Waals surface area contributed by atoms with Gasteiger partial charge in [0.2, 0.25) is 0 Å². The fourth-order valence-electron chi connectivity index (χ4n) is 1.76. The molecule has 2 N–H and O–H groups in total. The van der Waals surface area contributed by atoms with Crippen molar-refractivity contribution in [3.8, 4) is 5.75 Å². The lowest BCUT2D eigenvalue weighted by Gasteiger charge is -2.07. The monoisotopic (exact) mass is 337 g/mol. The topological polar surface area (TPSA) is 52.3 Å². The predicted molar refractivity (Wildman–Crippen MR) is 79.6 cm³/mol. The summed E-state index contributed by atoms with van der Waals surface area (Å²) >= 11 is 3.18. The quantitative estimate of drug-likeness (QED) is 0.681. The average Bonchev–Trinajstić information content (AvgIpc) is 2.43. The van der Waals surface area contributed by atoms with Crippen LogP contribution in [0.25, 0.3) is 0 Å². The molecule has 0 bridgehead atoms. The Morgan fingerprint density at radius 1 is 1.30 bits per heavy atom. The van der Waals surface area contributed by atoms with Gasteiger partial charge in [0.25, 0.3) is 0 Å². The van der Waals surface area contributed by atoms with Gasteiger partial charge in [0, 0.05) is 15.6 Å². The standard InChI is InChI=1S/C15H13BrFNO2/c1-2-20-10-5-3-9(4-6-10)15(19)11-7-14(18)13(17)8-12(11)16/h3-8H,2,18H2,1H3. The Labute approximate surface area is 124 Å². The van der Waals surface area contributed by atoms with Gasteiger partial charge in [-0.1, -0.05) is 0 Å². The van der Waals surface area contributed by atoms with Gasteiger partial charge in [-0.2, -0.15) is 0 Å². The van der Waals surface area contributed by atoms with Crippen LogP contribution in [0.3, 0.4) is 0 Å².